The number of rotatable bonds is 27. The summed E-state index contributed by atoms with van der Waals surface area (Å²) in [6.07, 6.45) is 20.3. The van der Waals surface area contributed by atoms with E-state index in [4.69, 9.17) is 4.74 Å². The van der Waals surface area contributed by atoms with Gasteiger partial charge in [-0.25, -0.2) is 9.36 Å². The molecule has 0 aliphatic rings. The van der Waals surface area contributed by atoms with Crippen LogP contribution >= 0.6 is 7.82 Å². The lowest BCUT2D eigenvalue weighted by Gasteiger charge is -2.18. The van der Waals surface area contributed by atoms with Crippen molar-refractivity contribution in [1.29, 1.82) is 0 Å². The molecule has 3 unspecified atom stereocenters. The van der Waals surface area contributed by atoms with E-state index in [0.29, 0.717) is 12.8 Å². The van der Waals surface area contributed by atoms with Crippen molar-refractivity contribution >= 4 is 25.7 Å². The van der Waals surface area contributed by atoms with E-state index in [0.717, 1.165) is 57.8 Å². The standard InChI is InChI=1S/C29H52NO10P/c1-3-5-7-8-9-10-11-12-13-14-15-16-17-19-20-27(32)30-26(29(34)35)24-40-41(36,37)39-23-25(31)22-38-28(33)21-18-6-4-2/h8-9,11-12,25-26,31H,3-7,10,13-24H2,1-2H3,(H,30,32)(H,34,35)(H,36,37)/b9-8-,12-11-. The molecular weight excluding hydrogens is 553 g/mol. The lowest BCUT2D eigenvalue weighted by molar-refractivity contribution is -0.147. The van der Waals surface area contributed by atoms with Crippen molar-refractivity contribution in [2.45, 2.75) is 122 Å². The number of aliphatic hydroxyl groups is 1. The van der Waals surface area contributed by atoms with Gasteiger partial charge in [-0.3, -0.25) is 18.6 Å². The molecule has 0 aliphatic carbocycles. The van der Waals surface area contributed by atoms with Gasteiger partial charge in [-0.2, -0.15) is 0 Å². The average molecular weight is 606 g/mol. The maximum Gasteiger partial charge on any atom is 0.472 e. The van der Waals surface area contributed by atoms with E-state index in [2.05, 4.69) is 45.6 Å². The number of nitrogens with one attached hydrogen (secondary N) is 1. The third-order valence-corrected chi connectivity index (χ3v) is 6.94. The summed E-state index contributed by atoms with van der Waals surface area (Å²) in [4.78, 5) is 44.9. The molecule has 0 radical (unpaired) electrons. The van der Waals surface area contributed by atoms with E-state index in [1.165, 1.54) is 12.8 Å². The molecule has 0 saturated heterocycles. The molecule has 0 fully saturated rings. The first-order chi connectivity index (χ1) is 19.6. The fraction of sp³-hybridized carbons (Fsp3) is 0.759. The Morgan fingerprint density at radius 3 is 2.02 bits per heavy atom. The number of ether oxygens (including phenoxy) is 1. The van der Waals surface area contributed by atoms with Crippen LogP contribution in [0.4, 0.5) is 0 Å². The minimum Gasteiger partial charge on any atom is -0.480 e. The minimum atomic E-state index is -4.73. The van der Waals surface area contributed by atoms with Crippen molar-refractivity contribution in [3.8, 4) is 0 Å². The van der Waals surface area contributed by atoms with E-state index in [9.17, 15) is 34.1 Å². The number of carboxylic acids is 1. The summed E-state index contributed by atoms with van der Waals surface area (Å²) in [5, 5.41) is 21.4. The van der Waals surface area contributed by atoms with Crippen molar-refractivity contribution in [2.75, 3.05) is 19.8 Å². The van der Waals surface area contributed by atoms with E-state index >= 15 is 0 Å². The Bertz CT molecular complexity index is 817. The number of allylic oxidation sites excluding steroid dienone is 4. The molecule has 12 heteroatoms. The first-order valence-corrected chi connectivity index (χ1v) is 16.4. The second-order valence-corrected chi connectivity index (χ2v) is 11.4. The maximum absolute atomic E-state index is 12.1. The Kier molecular flexibility index (Phi) is 24.4. The van der Waals surface area contributed by atoms with Gasteiger partial charge in [0.15, 0.2) is 6.04 Å². The molecule has 0 aromatic carbocycles. The second kappa shape index (κ2) is 25.7. The predicted octanol–water partition coefficient (Wildman–Crippen LogP) is 5.60. The number of phosphoric ester groups is 1. The van der Waals surface area contributed by atoms with Gasteiger partial charge >= 0.3 is 19.8 Å². The van der Waals surface area contributed by atoms with Crippen molar-refractivity contribution in [3.63, 3.8) is 0 Å². The molecule has 238 valence electrons. The number of esters is 1. The number of aliphatic carboxylic acids is 1. The van der Waals surface area contributed by atoms with Crippen LogP contribution in [0.15, 0.2) is 24.3 Å². The first kappa shape index (κ1) is 39.0. The smallest absolute Gasteiger partial charge is 0.472 e. The van der Waals surface area contributed by atoms with E-state index in [-0.39, 0.29) is 12.8 Å². The minimum absolute atomic E-state index is 0.130. The molecule has 0 spiro atoms. The quantitative estimate of drug-likeness (QED) is 0.0400. The lowest BCUT2D eigenvalue weighted by Crippen LogP contribution is -2.43. The van der Waals surface area contributed by atoms with Crippen molar-refractivity contribution < 1.29 is 47.8 Å². The molecule has 11 nitrogen and oxygen atoms in total. The molecule has 0 aromatic heterocycles. The number of phosphoric acid groups is 1. The number of hydrogen-bond acceptors (Lipinski definition) is 8. The van der Waals surface area contributed by atoms with Gasteiger partial charge in [0.1, 0.15) is 12.7 Å². The normalized spacial score (nSPS) is 14.6. The summed E-state index contributed by atoms with van der Waals surface area (Å²) in [5.74, 6) is -2.43. The van der Waals surface area contributed by atoms with Crippen molar-refractivity contribution in [3.05, 3.63) is 24.3 Å². The summed E-state index contributed by atoms with van der Waals surface area (Å²) in [6.45, 7) is 2.27. The van der Waals surface area contributed by atoms with Crippen LogP contribution in [0.25, 0.3) is 0 Å². The Morgan fingerprint density at radius 1 is 0.780 bits per heavy atom. The first-order valence-electron chi connectivity index (χ1n) is 14.9. The Balaban J connectivity index is 4.08. The zero-order chi connectivity index (χ0) is 30.8. The number of hydrogen-bond donors (Lipinski definition) is 4. The highest BCUT2D eigenvalue weighted by Gasteiger charge is 2.28. The summed E-state index contributed by atoms with van der Waals surface area (Å²) >= 11 is 0. The van der Waals surface area contributed by atoms with Crippen LogP contribution in [-0.4, -0.2) is 64.9 Å². The molecule has 0 saturated carbocycles. The summed E-state index contributed by atoms with van der Waals surface area (Å²) in [6, 6.07) is -1.55. The highest BCUT2D eigenvalue weighted by atomic mass is 31.2. The van der Waals surface area contributed by atoms with Crippen LogP contribution in [0.1, 0.15) is 110 Å². The lowest BCUT2D eigenvalue weighted by atomic mass is 10.1. The van der Waals surface area contributed by atoms with Gasteiger partial charge in [-0.05, 0) is 38.5 Å². The largest absolute Gasteiger partial charge is 0.480 e. The Hall–Kier alpha value is -2.04. The third-order valence-electron chi connectivity index (χ3n) is 5.99. The number of carbonyl (C=O) groups excluding carboxylic acids is 2. The number of unbranched alkanes of at least 4 members (excludes halogenated alkanes) is 9. The van der Waals surface area contributed by atoms with Gasteiger partial charge in [-0.1, -0.05) is 83.1 Å². The Labute approximate surface area is 245 Å². The highest BCUT2D eigenvalue weighted by Crippen LogP contribution is 2.43. The molecular formula is C29H52NO10P. The summed E-state index contributed by atoms with van der Waals surface area (Å²) in [7, 11) is -4.73. The Morgan fingerprint density at radius 2 is 1.37 bits per heavy atom. The van der Waals surface area contributed by atoms with E-state index in [1.807, 2.05) is 6.92 Å². The van der Waals surface area contributed by atoms with Crippen LogP contribution in [0.2, 0.25) is 0 Å². The van der Waals surface area contributed by atoms with Crippen LogP contribution < -0.4 is 5.32 Å². The van der Waals surface area contributed by atoms with Gasteiger partial charge in [0.25, 0.3) is 0 Å². The van der Waals surface area contributed by atoms with Crippen molar-refractivity contribution in [2.24, 2.45) is 0 Å². The number of amides is 1. The molecule has 0 aromatic rings. The average Bonchev–Trinajstić information content (AvgIpc) is 2.93. The third kappa shape index (κ3) is 25.4. The number of aliphatic hydroxyl groups excluding tert-OH is 1. The number of carbonyl (C=O) groups is 3. The SMILES string of the molecule is CCCC/C=C\C/C=C\CCCCCCCC(=O)NC(COP(=O)(O)OCC(O)COC(=O)CCCCC)C(=O)O. The van der Waals surface area contributed by atoms with Gasteiger partial charge in [-0.15, -0.1) is 0 Å². The summed E-state index contributed by atoms with van der Waals surface area (Å²) < 4.78 is 26.2. The van der Waals surface area contributed by atoms with Gasteiger partial charge < -0.3 is 25.2 Å². The molecule has 0 rings (SSSR count). The van der Waals surface area contributed by atoms with Crippen LogP contribution in [0.5, 0.6) is 0 Å². The van der Waals surface area contributed by atoms with Crippen LogP contribution in [-0.2, 0) is 32.7 Å². The van der Waals surface area contributed by atoms with E-state index in [1.54, 1.807) is 0 Å². The van der Waals surface area contributed by atoms with Gasteiger partial charge in [0.2, 0.25) is 5.91 Å². The molecule has 3 atom stereocenters. The molecule has 41 heavy (non-hydrogen) atoms. The van der Waals surface area contributed by atoms with Gasteiger partial charge in [0, 0.05) is 12.8 Å². The number of carboxylic acid groups (broad SMARTS) is 1. The molecule has 0 aliphatic heterocycles. The molecule has 1 amide bonds. The fourth-order valence-corrected chi connectivity index (χ4v) is 4.34. The van der Waals surface area contributed by atoms with Crippen LogP contribution in [0, 0.1) is 0 Å². The van der Waals surface area contributed by atoms with Crippen molar-refractivity contribution in [1.82, 2.24) is 5.32 Å². The topological polar surface area (TPSA) is 169 Å². The van der Waals surface area contributed by atoms with E-state index < -0.39 is 57.6 Å². The fourth-order valence-electron chi connectivity index (χ4n) is 3.56. The molecule has 0 heterocycles. The zero-order valence-corrected chi connectivity index (χ0v) is 25.7. The highest BCUT2D eigenvalue weighted by molar-refractivity contribution is 7.47. The summed E-state index contributed by atoms with van der Waals surface area (Å²) in [5.41, 5.74) is 0. The monoisotopic (exact) mass is 605 g/mol. The van der Waals surface area contributed by atoms with Gasteiger partial charge in [0.05, 0.1) is 13.2 Å². The zero-order valence-electron chi connectivity index (χ0n) is 24.8. The second-order valence-electron chi connectivity index (χ2n) is 9.94. The maximum atomic E-state index is 12.1. The molecule has 4 N–H and O–H groups in total. The molecule has 0 bridgehead atoms. The van der Waals surface area contributed by atoms with Crippen LogP contribution in [0.3, 0.4) is 0 Å². The predicted molar refractivity (Wildman–Crippen MR) is 157 cm³/mol.